The van der Waals surface area contributed by atoms with Crippen LogP contribution in [0, 0.1) is 0 Å². The number of carbonyl (C=O) groups excluding carboxylic acids is 1. The molecule has 0 saturated carbocycles. The largest absolute Gasteiger partial charge is 0.493 e. The van der Waals surface area contributed by atoms with E-state index in [0.29, 0.717) is 19.7 Å². The number of amides is 1. The van der Waals surface area contributed by atoms with E-state index in [1.165, 1.54) is 5.56 Å². The van der Waals surface area contributed by atoms with Crippen molar-refractivity contribution in [2.45, 2.75) is 25.4 Å². The van der Waals surface area contributed by atoms with Crippen LogP contribution in [0.15, 0.2) is 24.3 Å². The second-order valence-electron chi connectivity index (χ2n) is 5.54. The van der Waals surface area contributed by atoms with E-state index in [0.717, 1.165) is 25.3 Å². The van der Waals surface area contributed by atoms with Gasteiger partial charge in [0.25, 0.3) is 0 Å². The van der Waals surface area contributed by atoms with E-state index in [4.69, 9.17) is 4.74 Å². The van der Waals surface area contributed by atoms with Crippen molar-refractivity contribution >= 4 is 5.91 Å². The number of piperazine rings is 1. The molecule has 0 radical (unpaired) electrons. The topological polar surface area (TPSA) is 53.6 Å². The summed E-state index contributed by atoms with van der Waals surface area (Å²) in [6.07, 6.45) is 0.937. The molecule has 5 heteroatoms. The molecule has 1 amide bonds. The summed E-state index contributed by atoms with van der Waals surface area (Å²) in [6.45, 7) is 5.88. The van der Waals surface area contributed by atoms with Crippen LogP contribution in [-0.2, 0) is 4.79 Å². The predicted octanol–water partition coefficient (Wildman–Crippen LogP) is 0.920. The Morgan fingerprint density at radius 3 is 3.19 bits per heavy atom. The molecular formula is C16H23N3O2. The molecule has 3 rings (SSSR count). The molecule has 0 bridgehead atoms. The highest BCUT2D eigenvalue weighted by Crippen LogP contribution is 2.36. The van der Waals surface area contributed by atoms with Crippen molar-refractivity contribution in [3.05, 3.63) is 29.8 Å². The van der Waals surface area contributed by atoms with Crippen LogP contribution < -0.4 is 15.4 Å². The maximum atomic E-state index is 12.3. The summed E-state index contributed by atoms with van der Waals surface area (Å²) in [5.41, 5.74) is 1.21. The molecule has 21 heavy (non-hydrogen) atoms. The van der Waals surface area contributed by atoms with Crippen molar-refractivity contribution < 1.29 is 9.53 Å². The Bertz CT molecular complexity index is 506. The van der Waals surface area contributed by atoms with Gasteiger partial charge in [-0.2, -0.15) is 0 Å². The molecule has 2 aliphatic rings. The SMILES string of the molecule is CCNC(=O)C1CNCCN1C1CCOc2ccccc21. The van der Waals surface area contributed by atoms with E-state index < -0.39 is 0 Å². The van der Waals surface area contributed by atoms with E-state index in [1.807, 2.05) is 25.1 Å². The maximum absolute atomic E-state index is 12.3. The molecule has 114 valence electrons. The van der Waals surface area contributed by atoms with Gasteiger partial charge in [-0.3, -0.25) is 9.69 Å². The highest BCUT2D eigenvalue weighted by Gasteiger charge is 2.36. The second-order valence-corrected chi connectivity index (χ2v) is 5.54. The van der Waals surface area contributed by atoms with Gasteiger partial charge in [0.15, 0.2) is 0 Å². The minimum atomic E-state index is -0.102. The van der Waals surface area contributed by atoms with Gasteiger partial charge < -0.3 is 15.4 Å². The van der Waals surface area contributed by atoms with Crippen LogP contribution in [0.25, 0.3) is 0 Å². The molecule has 0 aromatic heterocycles. The zero-order chi connectivity index (χ0) is 14.7. The summed E-state index contributed by atoms with van der Waals surface area (Å²) < 4.78 is 5.74. The Labute approximate surface area is 125 Å². The van der Waals surface area contributed by atoms with Gasteiger partial charge in [-0.1, -0.05) is 18.2 Å². The highest BCUT2D eigenvalue weighted by atomic mass is 16.5. The quantitative estimate of drug-likeness (QED) is 0.869. The van der Waals surface area contributed by atoms with Crippen LogP contribution in [0.2, 0.25) is 0 Å². The van der Waals surface area contributed by atoms with Gasteiger partial charge in [-0.25, -0.2) is 0 Å². The summed E-state index contributed by atoms with van der Waals surface area (Å²) >= 11 is 0. The first kappa shape index (κ1) is 14.4. The van der Waals surface area contributed by atoms with Crippen molar-refractivity contribution in [1.29, 1.82) is 0 Å². The zero-order valence-corrected chi connectivity index (χ0v) is 12.5. The Morgan fingerprint density at radius 1 is 1.48 bits per heavy atom. The van der Waals surface area contributed by atoms with E-state index in [1.54, 1.807) is 0 Å². The lowest BCUT2D eigenvalue weighted by Gasteiger charge is -2.42. The maximum Gasteiger partial charge on any atom is 0.238 e. The molecule has 2 aliphatic heterocycles. The summed E-state index contributed by atoms with van der Waals surface area (Å²) in [4.78, 5) is 14.7. The molecule has 1 aromatic rings. The molecule has 1 fully saturated rings. The molecule has 2 atom stereocenters. The predicted molar refractivity (Wildman–Crippen MR) is 81.3 cm³/mol. The van der Waals surface area contributed by atoms with E-state index in [9.17, 15) is 4.79 Å². The first-order chi connectivity index (χ1) is 10.3. The molecule has 1 saturated heterocycles. The van der Waals surface area contributed by atoms with Crippen LogP contribution in [-0.4, -0.2) is 49.6 Å². The third kappa shape index (κ3) is 2.89. The molecule has 2 unspecified atom stereocenters. The fourth-order valence-corrected chi connectivity index (χ4v) is 3.30. The lowest BCUT2D eigenvalue weighted by molar-refractivity contribution is -0.128. The third-order valence-electron chi connectivity index (χ3n) is 4.27. The first-order valence-electron chi connectivity index (χ1n) is 7.77. The average molecular weight is 289 g/mol. The number of para-hydroxylation sites is 1. The molecule has 2 N–H and O–H groups in total. The highest BCUT2D eigenvalue weighted by molar-refractivity contribution is 5.82. The molecular weight excluding hydrogens is 266 g/mol. The fourth-order valence-electron chi connectivity index (χ4n) is 3.30. The lowest BCUT2D eigenvalue weighted by atomic mass is 9.96. The van der Waals surface area contributed by atoms with E-state index >= 15 is 0 Å². The average Bonchev–Trinajstić information content (AvgIpc) is 2.54. The smallest absolute Gasteiger partial charge is 0.238 e. The van der Waals surface area contributed by atoms with Crippen molar-refractivity contribution in [2.24, 2.45) is 0 Å². The monoisotopic (exact) mass is 289 g/mol. The number of carbonyl (C=O) groups is 1. The van der Waals surface area contributed by atoms with Gasteiger partial charge in [0.1, 0.15) is 11.8 Å². The fraction of sp³-hybridized carbons (Fsp3) is 0.562. The minimum absolute atomic E-state index is 0.102. The van der Waals surface area contributed by atoms with Crippen LogP contribution in [0.1, 0.15) is 24.9 Å². The number of ether oxygens (including phenoxy) is 1. The van der Waals surface area contributed by atoms with Gasteiger partial charge in [0.05, 0.1) is 6.61 Å². The minimum Gasteiger partial charge on any atom is -0.493 e. The number of rotatable bonds is 3. The second kappa shape index (κ2) is 6.45. The standard InChI is InChI=1S/C16H23N3O2/c1-2-18-16(20)14-11-17-8-9-19(14)13-7-10-21-15-6-4-3-5-12(13)15/h3-6,13-14,17H,2,7-11H2,1H3,(H,18,20). The Morgan fingerprint density at radius 2 is 2.33 bits per heavy atom. The van der Waals surface area contributed by atoms with Gasteiger partial charge in [-0.15, -0.1) is 0 Å². The van der Waals surface area contributed by atoms with Crippen molar-refractivity contribution in [3.63, 3.8) is 0 Å². The molecule has 2 heterocycles. The van der Waals surface area contributed by atoms with Gasteiger partial charge >= 0.3 is 0 Å². The summed E-state index contributed by atoms with van der Waals surface area (Å²) in [7, 11) is 0. The summed E-state index contributed by atoms with van der Waals surface area (Å²) in [6, 6.07) is 8.35. The van der Waals surface area contributed by atoms with Crippen LogP contribution in [0.3, 0.4) is 0 Å². The molecule has 0 aliphatic carbocycles. The number of nitrogens with one attached hydrogen (secondary N) is 2. The third-order valence-corrected chi connectivity index (χ3v) is 4.27. The van der Waals surface area contributed by atoms with E-state index in [2.05, 4.69) is 21.6 Å². The Kier molecular flexibility index (Phi) is 4.41. The Balaban J connectivity index is 1.85. The number of hydrogen-bond acceptors (Lipinski definition) is 4. The van der Waals surface area contributed by atoms with Crippen molar-refractivity contribution in [3.8, 4) is 5.75 Å². The van der Waals surface area contributed by atoms with Crippen molar-refractivity contribution in [1.82, 2.24) is 15.5 Å². The molecule has 0 spiro atoms. The van der Waals surface area contributed by atoms with Gasteiger partial charge in [0.2, 0.25) is 5.91 Å². The summed E-state index contributed by atoms with van der Waals surface area (Å²) in [5.74, 6) is 1.08. The summed E-state index contributed by atoms with van der Waals surface area (Å²) in [5, 5.41) is 6.29. The molecule has 1 aromatic carbocycles. The first-order valence-corrected chi connectivity index (χ1v) is 7.77. The number of likely N-dealkylation sites (N-methyl/N-ethyl adjacent to an activating group) is 1. The number of nitrogens with zero attached hydrogens (tertiary/aromatic N) is 1. The van der Waals surface area contributed by atoms with Crippen LogP contribution >= 0.6 is 0 Å². The van der Waals surface area contributed by atoms with Gasteiger partial charge in [0, 0.05) is 44.2 Å². The van der Waals surface area contributed by atoms with Crippen LogP contribution in [0.4, 0.5) is 0 Å². The molecule has 5 nitrogen and oxygen atoms in total. The zero-order valence-electron chi connectivity index (χ0n) is 12.5. The Hall–Kier alpha value is -1.59. The van der Waals surface area contributed by atoms with Crippen molar-refractivity contribution in [2.75, 3.05) is 32.8 Å². The van der Waals surface area contributed by atoms with E-state index in [-0.39, 0.29) is 18.0 Å². The normalized spacial score (nSPS) is 25.8. The number of benzene rings is 1. The lowest BCUT2D eigenvalue weighted by Crippen LogP contribution is -2.59. The number of hydrogen-bond donors (Lipinski definition) is 2. The number of fused-ring (bicyclic) bond motifs is 1. The van der Waals surface area contributed by atoms with Gasteiger partial charge in [-0.05, 0) is 13.0 Å². The van der Waals surface area contributed by atoms with Crippen LogP contribution in [0.5, 0.6) is 5.75 Å².